The molecule has 0 saturated carbocycles. The van der Waals surface area contributed by atoms with E-state index in [1.165, 1.54) is 0 Å². The zero-order valence-corrected chi connectivity index (χ0v) is 12.0. The monoisotopic (exact) mass is 278 g/mol. The van der Waals surface area contributed by atoms with E-state index in [1.54, 1.807) is 0 Å². The highest BCUT2D eigenvalue weighted by atomic mass is 16.5. The first-order chi connectivity index (χ1) is 9.60. The summed E-state index contributed by atoms with van der Waals surface area (Å²) in [5, 5.41) is 2.87. The van der Waals surface area contributed by atoms with Crippen molar-refractivity contribution in [1.82, 2.24) is 0 Å². The largest absolute Gasteiger partial charge is 0.491 e. The first-order valence-electron chi connectivity index (χ1n) is 7.01. The molecular formula is C15H22N2O3. The van der Waals surface area contributed by atoms with Crippen molar-refractivity contribution in [2.75, 3.05) is 18.5 Å². The second kappa shape index (κ2) is 6.72. The van der Waals surface area contributed by atoms with E-state index >= 15 is 0 Å². The number of anilines is 1. The predicted molar refractivity (Wildman–Crippen MR) is 77.7 cm³/mol. The number of benzene rings is 1. The van der Waals surface area contributed by atoms with E-state index in [0.29, 0.717) is 13.2 Å². The SMILES string of the molecule is CCC(C)Oc1cccc(NC(=O)C2COCC2N)c1. The summed E-state index contributed by atoms with van der Waals surface area (Å²) in [6.07, 6.45) is 1.09. The highest BCUT2D eigenvalue weighted by Crippen LogP contribution is 2.21. The first-order valence-corrected chi connectivity index (χ1v) is 7.01. The molecule has 1 amide bonds. The normalized spacial score (nSPS) is 23.4. The maximum Gasteiger partial charge on any atom is 0.231 e. The molecule has 1 heterocycles. The fourth-order valence-corrected chi connectivity index (χ4v) is 2.04. The lowest BCUT2D eigenvalue weighted by molar-refractivity contribution is -0.120. The Kier molecular flexibility index (Phi) is 4.98. The molecule has 1 fully saturated rings. The topological polar surface area (TPSA) is 73.6 Å². The Hall–Kier alpha value is -1.59. The molecule has 1 aromatic rings. The van der Waals surface area contributed by atoms with Crippen LogP contribution in [0.2, 0.25) is 0 Å². The highest BCUT2D eigenvalue weighted by molar-refractivity contribution is 5.93. The summed E-state index contributed by atoms with van der Waals surface area (Å²) in [4.78, 5) is 12.1. The van der Waals surface area contributed by atoms with Crippen molar-refractivity contribution in [1.29, 1.82) is 0 Å². The Morgan fingerprint density at radius 2 is 2.35 bits per heavy atom. The van der Waals surface area contributed by atoms with Crippen LogP contribution in [0, 0.1) is 5.92 Å². The van der Waals surface area contributed by atoms with Crippen LogP contribution in [0.3, 0.4) is 0 Å². The Labute approximate surface area is 119 Å². The zero-order chi connectivity index (χ0) is 14.5. The van der Waals surface area contributed by atoms with E-state index in [9.17, 15) is 4.79 Å². The lowest BCUT2D eigenvalue weighted by atomic mass is 10.0. The zero-order valence-electron chi connectivity index (χ0n) is 12.0. The molecule has 5 heteroatoms. The van der Waals surface area contributed by atoms with Gasteiger partial charge in [0, 0.05) is 17.8 Å². The minimum atomic E-state index is -0.283. The maximum absolute atomic E-state index is 12.1. The lowest BCUT2D eigenvalue weighted by Crippen LogP contribution is -2.37. The van der Waals surface area contributed by atoms with E-state index in [1.807, 2.05) is 31.2 Å². The number of nitrogens with one attached hydrogen (secondary N) is 1. The smallest absolute Gasteiger partial charge is 0.231 e. The second-order valence-corrected chi connectivity index (χ2v) is 5.16. The van der Waals surface area contributed by atoms with Crippen LogP contribution in [-0.2, 0) is 9.53 Å². The van der Waals surface area contributed by atoms with Crippen LogP contribution in [0.25, 0.3) is 0 Å². The molecule has 3 unspecified atom stereocenters. The summed E-state index contributed by atoms with van der Waals surface area (Å²) in [6.45, 7) is 4.91. The molecule has 0 spiro atoms. The molecule has 0 aromatic heterocycles. The maximum atomic E-state index is 12.1. The molecule has 20 heavy (non-hydrogen) atoms. The van der Waals surface area contributed by atoms with Gasteiger partial charge in [-0.3, -0.25) is 4.79 Å². The molecule has 1 saturated heterocycles. The van der Waals surface area contributed by atoms with Gasteiger partial charge in [0.1, 0.15) is 5.75 Å². The lowest BCUT2D eigenvalue weighted by Gasteiger charge is -2.15. The second-order valence-electron chi connectivity index (χ2n) is 5.16. The third-order valence-electron chi connectivity index (χ3n) is 3.48. The van der Waals surface area contributed by atoms with E-state index in [-0.39, 0.29) is 24.0 Å². The summed E-state index contributed by atoms with van der Waals surface area (Å²) in [6, 6.07) is 7.17. The Morgan fingerprint density at radius 3 is 3.00 bits per heavy atom. The molecular weight excluding hydrogens is 256 g/mol. The van der Waals surface area contributed by atoms with Gasteiger partial charge in [-0.25, -0.2) is 0 Å². The van der Waals surface area contributed by atoms with Crippen LogP contribution in [0.1, 0.15) is 20.3 Å². The van der Waals surface area contributed by atoms with E-state index in [4.69, 9.17) is 15.2 Å². The van der Waals surface area contributed by atoms with Crippen molar-refractivity contribution >= 4 is 11.6 Å². The third kappa shape index (κ3) is 3.71. The number of carbonyl (C=O) groups excluding carboxylic acids is 1. The van der Waals surface area contributed by atoms with E-state index < -0.39 is 0 Å². The number of hydrogen-bond donors (Lipinski definition) is 2. The molecule has 5 nitrogen and oxygen atoms in total. The van der Waals surface area contributed by atoms with Crippen LogP contribution >= 0.6 is 0 Å². The van der Waals surface area contributed by atoms with Gasteiger partial charge in [-0.05, 0) is 25.5 Å². The van der Waals surface area contributed by atoms with Crippen molar-refractivity contribution in [3.05, 3.63) is 24.3 Å². The van der Waals surface area contributed by atoms with Crippen molar-refractivity contribution < 1.29 is 14.3 Å². The number of hydrogen-bond acceptors (Lipinski definition) is 4. The minimum absolute atomic E-state index is 0.101. The molecule has 1 aromatic carbocycles. The summed E-state index contributed by atoms with van der Waals surface area (Å²) in [7, 11) is 0. The molecule has 1 aliphatic rings. The van der Waals surface area contributed by atoms with Crippen LogP contribution in [0.15, 0.2) is 24.3 Å². The van der Waals surface area contributed by atoms with Crippen LogP contribution < -0.4 is 15.8 Å². The minimum Gasteiger partial charge on any atom is -0.491 e. The van der Waals surface area contributed by atoms with Gasteiger partial charge in [0.2, 0.25) is 5.91 Å². The van der Waals surface area contributed by atoms with Gasteiger partial charge < -0.3 is 20.5 Å². The summed E-state index contributed by atoms with van der Waals surface area (Å²) in [5.74, 6) is 0.369. The van der Waals surface area contributed by atoms with Crippen LogP contribution in [0.5, 0.6) is 5.75 Å². The summed E-state index contributed by atoms with van der Waals surface area (Å²) in [5.41, 5.74) is 6.55. The van der Waals surface area contributed by atoms with Crippen molar-refractivity contribution in [2.45, 2.75) is 32.4 Å². The van der Waals surface area contributed by atoms with Gasteiger partial charge in [-0.1, -0.05) is 13.0 Å². The van der Waals surface area contributed by atoms with Gasteiger partial charge in [0.15, 0.2) is 0 Å². The van der Waals surface area contributed by atoms with Crippen molar-refractivity contribution in [3.8, 4) is 5.75 Å². The molecule has 2 rings (SSSR count). The molecule has 0 radical (unpaired) electrons. The van der Waals surface area contributed by atoms with Gasteiger partial charge in [0.25, 0.3) is 0 Å². The Balaban J connectivity index is 1.98. The molecule has 3 N–H and O–H groups in total. The number of rotatable bonds is 5. The van der Waals surface area contributed by atoms with Gasteiger partial charge >= 0.3 is 0 Å². The Bertz CT molecular complexity index is 464. The predicted octanol–water partition coefficient (Wildman–Crippen LogP) is 1.78. The molecule has 3 atom stereocenters. The molecule has 0 aliphatic carbocycles. The summed E-state index contributed by atoms with van der Waals surface area (Å²) >= 11 is 0. The van der Waals surface area contributed by atoms with Gasteiger partial charge in [-0.15, -0.1) is 0 Å². The van der Waals surface area contributed by atoms with E-state index in [0.717, 1.165) is 17.9 Å². The fourth-order valence-electron chi connectivity index (χ4n) is 2.04. The van der Waals surface area contributed by atoms with Crippen LogP contribution in [0.4, 0.5) is 5.69 Å². The van der Waals surface area contributed by atoms with Crippen LogP contribution in [-0.4, -0.2) is 31.3 Å². The standard InChI is InChI=1S/C15H22N2O3/c1-3-10(2)20-12-6-4-5-11(7-12)17-15(18)13-8-19-9-14(13)16/h4-7,10,13-14H,3,8-9,16H2,1-2H3,(H,17,18). The number of amides is 1. The molecule has 1 aliphatic heterocycles. The van der Waals surface area contributed by atoms with Gasteiger partial charge in [0.05, 0.1) is 25.2 Å². The average molecular weight is 278 g/mol. The molecule has 0 bridgehead atoms. The first kappa shape index (κ1) is 14.8. The quantitative estimate of drug-likeness (QED) is 0.861. The van der Waals surface area contributed by atoms with E-state index in [2.05, 4.69) is 12.2 Å². The number of ether oxygens (including phenoxy) is 2. The molecule has 110 valence electrons. The van der Waals surface area contributed by atoms with Crippen molar-refractivity contribution in [3.63, 3.8) is 0 Å². The highest BCUT2D eigenvalue weighted by Gasteiger charge is 2.31. The Morgan fingerprint density at radius 1 is 1.55 bits per heavy atom. The summed E-state index contributed by atoms with van der Waals surface area (Å²) < 4.78 is 10.9. The number of carbonyl (C=O) groups is 1. The van der Waals surface area contributed by atoms with Gasteiger partial charge in [-0.2, -0.15) is 0 Å². The average Bonchev–Trinajstić information content (AvgIpc) is 2.85. The third-order valence-corrected chi connectivity index (χ3v) is 3.48. The van der Waals surface area contributed by atoms with Crippen molar-refractivity contribution in [2.24, 2.45) is 11.7 Å². The number of nitrogens with two attached hydrogens (primary N) is 1. The fraction of sp³-hybridized carbons (Fsp3) is 0.533.